The van der Waals surface area contributed by atoms with Crippen molar-refractivity contribution in [2.75, 3.05) is 6.61 Å². The Hall–Kier alpha value is -1.58. The minimum absolute atomic E-state index is 0.0656. The molecule has 0 amide bonds. The Kier molecular flexibility index (Phi) is 2.85. The van der Waals surface area contributed by atoms with Gasteiger partial charge in [-0.05, 0) is 23.6 Å². The number of rotatable bonds is 3. The number of aryl methyl sites for hydroxylation is 1. The summed E-state index contributed by atoms with van der Waals surface area (Å²) in [6.45, 7) is 0.714. The molecular weight excluding hydrogens is 199 g/mol. The van der Waals surface area contributed by atoms with Gasteiger partial charge < -0.3 is 4.74 Å². The molecule has 0 bridgehead atoms. The molecule has 0 N–H and O–H groups in total. The Morgan fingerprint density at radius 2 is 2.40 bits per heavy atom. The fourth-order valence-electron chi connectivity index (χ4n) is 1.68. The highest BCUT2D eigenvalue weighted by molar-refractivity contribution is 5.69. The maximum absolute atomic E-state index is 11.4. The van der Waals surface area contributed by atoms with E-state index in [0.717, 1.165) is 23.3 Å². The van der Waals surface area contributed by atoms with E-state index < -0.39 is 5.97 Å². The van der Waals surface area contributed by atoms with Gasteiger partial charge in [-0.25, -0.2) is 4.79 Å². The van der Waals surface area contributed by atoms with Crippen molar-refractivity contribution in [1.82, 2.24) is 0 Å². The van der Waals surface area contributed by atoms with Gasteiger partial charge in [0.15, 0.2) is 0 Å². The summed E-state index contributed by atoms with van der Waals surface area (Å²) in [5.41, 5.74) is 2.16. The summed E-state index contributed by atoms with van der Waals surface area (Å²) in [5, 5.41) is 0. The molecule has 80 valence electrons. The molecule has 0 aromatic heterocycles. The van der Waals surface area contributed by atoms with Crippen molar-refractivity contribution in [2.24, 2.45) is 0 Å². The van der Waals surface area contributed by atoms with Gasteiger partial charge in [-0.3, -0.25) is 4.94 Å². The first-order valence-corrected chi connectivity index (χ1v) is 4.85. The van der Waals surface area contributed by atoms with Crippen molar-refractivity contribution in [1.29, 1.82) is 0 Å². The van der Waals surface area contributed by atoms with Gasteiger partial charge in [-0.1, -0.05) is 12.1 Å². The van der Waals surface area contributed by atoms with E-state index in [4.69, 9.17) is 4.74 Å². The van der Waals surface area contributed by atoms with Crippen LogP contribution in [0.2, 0.25) is 0 Å². The number of carbonyl (C=O) groups excluding carboxylic acids is 1. The summed E-state index contributed by atoms with van der Waals surface area (Å²) in [7, 11) is 0. The van der Waals surface area contributed by atoms with Crippen LogP contribution >= 0.6 is 0 Å². The van der Waals surface area contributed by atoms with Gasteiger partial charge in [0.1, 0.15) is 5.75 Å². The number of hydrogen-bond donors (Lipinski definition) is 0. The molecule has 0 radical (unpaired) electrons. The van der Waals surface area contributed by atoms with Gasteiger partial charge in [0.05, 0.1) is 13.0 Å². The third-order valence-electron chi connectivity index (χ3n) is 2.46. The van der Waals surface area contributed by atoms with Crippen molar-refractivity contribution in [3.8, 4) is 5.75 Å². The zero-order chi connectivity index (χ0) is 10.7. The molecule has 0 atom stereocenters. The highest BCUT2D eigenvalue weighted by atomic mass is 19.3. The van der Waals surface area contributed by atoms with E-state index in [1.54, 1.807) is 0 Å². The Morgan fingerprint density at radius 1 is 1.53 bits per heavy atom. The minimum Gasteiger partial charge on any atom is -0.493 e. The molecule has 1 aliphatic heterocycles. The highest BCUT2D eigenvalue weighted by Crippen LogP contribution is 2.26. The Balaban J connectivity index is 2.01. The number of ether oxygens (including phenoxy) is 1. The van der Waals surface area contributed by atoms with E-state index in [2.05, 4.69) is 4.94 Å². The van der Waals surface area contributed by atoms with Gasteiger partial charge in [-0.15, -0.1) is 0 Å². The first kappa shape index (κ1) is 9.96. The predicted molar refractivity (Wildman–Crippen MR) is 51.2 cm³/mol. The number of benzene rings is 1. The third-order valence-corrected chi connectivity index (χ3v) is 2.46. The van der Waals surface area contributed by atoms with Gasteiger partial charge in [0.25, 0.3) is 0 Å². The molecule has 0 unspecified atom stereocenters. The topological polar surface area (TPSA) is 35.5 Å². The fourth-order valence-corrected chi connectivity index (χ4v) is 1.68. The maximum Gasteiger partial charge on any atom is 0.349 e. The third kappa shape index (κ3) is 2.26. The SMILES string of the molecule is O=C(CCc1ccc2c(c1)CCO2)OF. The van der Waals surface area contributed by atoms with Crippen LogP contribution in [0.4, 0.5) is 4.53 Å². The second-order valence-electron chi connectivity index (χ2n) is 3.49. The second-order valence-corrected chi connectivity index (χ2v) is 3.49. The zero-order valence-electron chi connectivity index (χ0n) is 8.16. The summed E-state index contributed by atoms with van der Waals surface area (Å²) in [5.74, 6) is 0.0820. The molecule has 2 rings (SSSR count). The van der Waals surface area contributed by atoms with Gasteiger partial charge in [0, 0.05) is 10.9 Å². The smallest absolute Gasteiger partial charge is 0.349 e. The van der Waals surface area contributed by atoms with Gasteiger partial charge >= 0.3 is 5.97 Å². The van der Waals surface area contributed by atoms with Gasteiger partial charge in [0.2, 0.25) is 0 Å². The Labute approximate surface area is 86.7 Å². The molecule has 4 heteroatoms. The minimum atomic E-state index is -0.827. The van der Waals surface area contributed by atoms with E-state index in [1.165, 1.54) is 0 Å². The molecule has 1 heterocycles. The molecule has 0 aliphatic carbocycles. The van der Waals surface area contributed by atoms with Crippen LogP contribution in [0, 0.1) is 0 Å². The summed E-state index contributed by atoms with van der Waals surface area (Å²) in [6, 6.07) is 5.77. The predicted octanol–water partition coefficient (Wildman–Crippen LogP) is 1.98. The Morgan fingerprint density at radius 3 is 3.20 bits per heavy atom. The normalized spacial score (nSPS) is 13.1. The quantitative estimate of drug-likeness (QED) is 0.765. The van der Waals surface area contributed by atoms with E-state index in [9.17, 15) is 9.32 Å². The van der Waals surface area contributed by atoms with E-state index >= 15 is 0 Å². The molecule has 1 aromatic rings. The first-order valence-electron chi connectivity index (χ1n) is 4.85. The average Bonchev–Trinajstić information content (AvgIpc) is 2.72. The van der Waals surface area contributed by atoms with Crippen LogP contribution in [0.25, 0.3) is 0 Å². The molecular formula is C11H11FO3. The van der Waals surface area contributed by atoms with Crippen LogP contribution in [0.5, 0.6) is 5.75 Å². The Bertz CT molecular complexity index is 376. The van der Waals surface area contributed by atoms with E-state index in [-0.39, 0.29) is 6.42 Å². The summed E-state index contributed by atoms with van der Waals surface area (Å²) in [4.78, 5) is 13.7. The van der Waals surface area contributed by atoms with Crippen LogP contribution in [-0.2, 0) is 22.6 Å². The van der Waals surface area contributed by atoms with Gasteiger partial charge in [-0.2, -0.15) is 0 Å². The fraction of sp³-hybridized carbons (Fsp3) is 0.364. The lowest BCUT2D eigenvalue weighted by molar-refractivity contribution is -0.183. The molecule has 1 aromatic carbocycles. The molecule has 15 heavy (non-hydrogen) atoms. The number of fused-ring (bicyclic) bond motifs is 1. The van der Waals surface area contributed by atoms with Crippen molar-refractivity contribution in [2.45, 2.75) is 19.3 Å². The standard InChI is InChI=1S/C11H11FO3/c12-15-11(13)4-2-8-1-3-10-9(7-8)5-6-14-10/h1,3,7H,2,4-6H2. The van der Waals surface area contributed by atoms with Crippen LogP contribution in [0.15, 0.2) is 18.2 Å². The lowest BCUT2D eigenvalue weighted by Crippen LogP contribution is -1.99. The largest absolute Gasteiger partial charge is 0.493 e. The van der Waals surface area contributed by atoms with Crippen LogP contribution < -0.4 is 4.74 Å². The zero-order valence-corrected chi connectivity index (χ0v) is 8.16. The van der Waals surface area contributed by atoms with Crippen molar-refractivity contribution < 1.29 is 19.0 Å². The molecule has 1 aliphatic rings. The first-order chi connectivity index (χ1) is 7.29. The molecule has 0 saturated heterocycles. The van der Waals surface area contributed by atoms with Crippen LogP contribution in [0.1, 0.15) is 17.5 Å². The summed E-state index contributed by atoms with van der Waals surface area (Å²) < 4.78 is 16.8. The molecule has 0 spiro atoms. The number of carbonyl (C=O) groups is 1. The van der Waals surface area contributed by atoms with Crippen molar-refractivity contribution in [3.05, 3.63) is 29.3 Å². The van der Waals surface area contributed by atoms with Crippen LogP contribution in [0.3, 0.4) is 0 Å². The maximum atomic E-state index is 11.4. The average molecular weight is 210 g/mol. The second kappa shape index (κ2) is 4.29. The molecule has 0 fully saturated rings. The van der Waals surface area contributed by atoms with E-state index in [0.29, 0.717) is 13.0 Å². The van der Waals surface area contributed by atoms with E-state index in [1.807, 2.05) is 18.2 Å². The van der Waals surface area contributed by atoms with Crippen molar-refractivity contribution >= 4 is 5.97 Å². The molecule has 3 nitrogen and oxygen atoms in total. The number of halogens is 1. The number of hydrogen-bond acceptors (Lipinski definition) is 3. The van der Waals surface area contributed by atoms with Crippen molar-refractivity contribution in [3.63, 3.8) is 0 Å². The lowest BCUT2D eigenvalue weighted by Gasteiger charge is -2.02. The molecule has 0 saturated carbocycles. The monoisotopic (exact) mass is 210 g/mol. The highest BCUT2D eigenvalue weighted by Gasteiger charge is 2.12. The summed E-state index contributed by atoms with van der Waals surface area (Å²) >= 11 is 0. The van der Waals surface area contributed by atoms with Crippen LogP contribution in [-0.4, -0.2) is 12.6 Å². The summed E-state index contributed by atoms with van der Waals surface area (Å²) in [6.07, 6.45) is 1.46. The lowest BCUT2D eigenvalue weighted by atomic mass is 10.1.